The molecule has 1 aromatic rings. The lowest BCUT2D eigenvalue weighted by Crippen LogP contribution is -2.25. The Hall–Kier alpha value is -1.65. The highest BCUT2D eigenvalue weighted by Crippen LogP contribution is 2.39. The average molecular weight is 261 g/mol. The molecule has 2 aliphatic rings. The number of rotatable bonds is 3. The van der Waals surface area contributed by atoms with Crippen molar-refractivity contribution in [2.75, 3.05) is 18.0 Å². The molecule has 102 valence electrons. The number of carbonyl (C=O) groups is 1. The molecular formula is C14H19N3O2. The van der Waals surface area contributed by atoms with Crippen molar-refractivity contribution in [3.63, 3.8) is 0 Å². The second-order valence-corrected chi connectivity index (χ2v) is 5.66. The third-order valence-electron chi connectivity index (χ3n) is 4.16. The van der Waals surface area contributed by atoms with E-state index in [1.807, 2.05) is 13.8 Å². The molecule has 5 nitrogen and oxygen atoms in total. The minimum absolute atomic E-state index is 0.265. The highest BCUT2D eigenvalue weighted by Gasteiger charge is 2.32. The maximum atomic E-state index is 11.1. The van der Waals surface area contributed by atoms with Gasteiger partial charge >= 0.3 is 5.97 Å². The van der Waals surface area contributed by atoms with Gasteiger partial charge in [0.15, 0.2) is 0 Å². The van der Waals surface area contributed by atoms with Gasteiger partial charge in [0.2, 0.25) is 0 Å². The molecule has 0 amide bonds. The molecule has 0 aromatic carbocycles. The lowest BCUT2D eigenvalue weighted by Gasteiger charge is -2.20. The Morgan fingerprint density at radius 3 is 2.58 bits per heavy atom. The third-order valence-corrected chi connectivity index (χ3v) is 4.16. The molecule has 0 bridgehead atoms. The first-order chi connectivity index (χ1) is 9.06. The molecule has 1 aromatic heterocycles. The molecule has 19 heavy (non-hydrogen) atoms. The van der Waals surface area contributed by atoms with E-state index in [1.165, 1.54) is 12.8 Å². The van der Waals surface area contributed by atoms with Crippen molar-refractivity contribution in [2.24, 2.45) is 5.92 Å². The Morgan fingerprint density at radius 2 is 2.00 bits per heavy atom. The summed E-state index contributed by atoms with van der Waals surface area (Å²) in [6, 6.07) is 0. The number of hydrogen-bond donors (Lipinski definition) is 1. The fraction of sp³-hybridized carbons (Fsp3) is 0.643. The Balaban J connectivity index is 1.89. The molecule has 0 radical (unpaired) electrons. The second-order valence-electron chi connectivity index (χ2n) is 5.66. The minimum atomic E-state index is -0.701. The van der Waals surface area contributed by atoms with Gasteiger partial charge in [-0.15, -0.1) is 0 Å². The molecule has 1 N–H and O–H groups in total. The summed E-state index contributed by atoms with van der Waals surface area (Å²) in [7, 11) is 0. The van der Waals surface area contributed by atoms with E-state index in [0.717, 1.165) is 29.4 Å². The summed E-state index contributed by atoms with van der Waals surface area (Å²) in [5.74, 6) is 1.44. The molecule has 2 heterocycles. The van der Waals surface area contributed by atoms with Gasteiger partial charge in [0, 0.05) is 30.3 Å². The second kappa shape index (κ2) is 4.47. The van der Waals surface area contributed by atoms with Crippen molar-refractivity contribution < 1.29 is 9.90 Å². The van der Waals surface area contributed by atoms with Crippen molar-refractivity contribution in [3.8, 4) is 0 Å². The Morgan fingerprint density at radius 1 is 1.26 bits per heavy atom. The summed E-state index contributed by atoms with van der Waals surface area (Å²) >= 11 is 0. The number of carboxylic acids is 1. The number of anilines is 1. The molecule has 1 saturated carbocycles. The van der Waals surface area contributed by atoms with E-state index in [9.17, 15) is 4.79 Å². The van der Waals surface area contributed by atoms with Crippen molar-refractivity contribution in [3.05, 3.63) is 17.1 Å². The lowest BCUT2D eigenvalue weighted by molar-refractivity contribution is -0.140. The lowest BCUT2D eigenvalue weighted by atomic mass is 10.1. The van der Waals surface area contributed by atoms with E-state index in [-0.39, 0.29) is 5.92 Å². The summed E-state index contributed by atoms with van der Waals surface area (Å²) in [4.78, 5) is 22.4. The quantitative estimate of drug-likeness (QED) is 0.900. The van der Waals surface area contributed by atoms with Crippen LogP contribution in [0.15, 0.2) is 0 Å². The zero-order valence-corrected chi connectivity index (χ0v) is 11.4. The summed E-state index contributed by atoms with van der Waals surface area (Å²) in [6.07, 6.45) is 3.07. The van der Waals surface area contributed by atoms with Crippen molar-refractivity contribution >= 4 is 11.8 Å². The van der Waals surface area contributed by atoms with Gasteiger partial charge in [-0.25, -0.2) is 9.97 Å². The fourth-order valence-corrected chi connectivity index (χ4v) is 2.62. The molecule has 1 aliphatic heterocycles. The zero-order chi connectivity index (χ0) is 13.6. The van der Waals surface area contributed by atoms with Crippen LogP contribution in [0, 0.1) is 19.8 Å². The average Bonchev–Trinajstić information content (AvgIpc) is 3.09. The molecule has 5 heteroatoms. The number of nitrogens with zero attached hydrogens (tertiary/aromatic N) is 3. The van der Waals surface area contributed by atoms with E-state index >= 15 is 0 Å². The summed E-state index contributed by atoms with van der Waals surface area (Å²) in [5, 5.41) is 9.10. The smallest absolute Gasteiger partial charge is 0.308 e. The number of hydrogen-bond acceptors (Lipinski definition) is 4. The van der Waals surface area contributed by atoms with Crippen molar-refractivity contribution in [2.45, 2.75) is 39.0 Å². The molecule has 1 aliphatic carbocycles. The first-order valence-corrected chi connectivity index (χ1v) is 6.89. The molecule has 0 spiro atoms. The molecular weight excluding hydrogens is 242 g/mol. The van der Waals surface area contributed by atoms with Crippen LogP contribution in [0.3, 0.4) is 0 Å². The number of aromatic nitrogens is 2. The van der Waals surface area contributed by atoms with Crippen LogP contribution in [0.5, 0.6) is 0 Å². The SMILES string of the molecule is Cc1nc(C2CC2)nc(N2CCC(C(=O)O)C2)c1C. The number of aryl methyl sites for hydroxylation is 1. The van der Waals surface area contributed by atoms with Crippen LogP contribution in [-0.4, -0.2) is 34.1 Å². The van der Waals surface area contributed by atoms with Crippen LogP contribution in [0.1, 0.15) is 42.3 Å². The Bertz CT molecular complexity index is 526. The first-order valence-electron chi connectivity index (χ1n) is 6.89. The van der Waals surface area contributed by atoms with Gasteiger partial charge in [0.1, 0.15) is 11.6 Å². The van der Waals surface area contributed by atoms with E-state index in [4.69, 9.17) is 10.1 Å². The van der Waals surface area contributed by atoms with Crippen LogP contribution < -0.4 is 4.90 Å². The van der Waals surface area contributed by atoms with E-state index < -0.39 is 5.97 Å². The van der Waals surface area contributed by atoms with Gasteiger partial charge in [0.05, 0.1) is 5.92 Å². The predicted octanol–water partition coefficient (Wildman–Crippen LogP) is 1.88. The zero-order valence-electron chi connectivity index (χ0n) is 11.4. The largest absolute Gasteiger partial charge is 0.481 e. The standard InChI is InChI=1S/C14H19N3O2/c1-8-9(2)15-12(10-3-4-10)16-13(8)17-6-5-11(7-17)14(18)19/h10-11H,3-7H2,1-2H3,(H,18,19). The van der Waals surface area contributed by atoms with Gasteiger partial charge in [-0.1, -0.05) is 0 Å². The van der Waals surface area contributed by atoms with Crippen LogP contribution in [0.2, 0.25) is 0 Å². The van der Waals surface area contributed by atoms with Crippen LogP contribution in [-0.2, 0) is 4.79 Å². The minimum Gasteiger partial charge on any atom is -0.481 e. The predicted molar refractivity (Wildman–Crippen MR) is 71.4 cm³/mol. The Labute approximate surface area is 112 Å². The summed E-state index contributed by atoms with van der Waals surface area (Å²) in [6.45, 7) is 5.38. The highest BCUT2D eigenvalue weighted by atomic mass is 16.4. The molecule has 2 fully saturated rings. The Kier molecular flexibility index (Phi) is 2.92. The third kappa shape index (κ3) is 2.29. The molecule has 3 rings (SSSR count). The maximum absolute atomic E-state index is 11.1. The van der Waals surface area contributed by atoms with Gasteiger partial charge in [-0.2, -0.15) is 0 Å². The van der Waals surface area contributed by atoms with Crippen molar-refractivity contribution in [1.82, 2.24) is 9.97 Å². The fourth-order valence-electron chi connectivity index (χ4n) is 2.62. The summed E-state index contributed by atoms with van der Waals surface area (Å²) < 4.78 is 0. The normalized spacial score (nSPS) is 22.8. The molecule has 1 atom stereocenters. The van der Waals surface area contributed by atoms with Gasteiger partial charge < -0.3 is 10.0 Å². The number of aliphatic carboxylic acids is 1. The van der Waals surface area contributed by atoms with Gasteiger partial charge in [-0.05, 0) is 33.1 Å². The van der Waals surface area contributed by atoms with Gasteiger partial charge in [-0.3, -0.25) is 4.79 Å². The molecule has 1 unspecified atom stereocenters. The van der Waals surface area contributed by atoms with Gasteiger partial charge in [0.25, 0.3) is 0 Å². The highest BCUT2D eigenvalue weighted by molar-refractivity contribution is 5.72. The number of carboxylic acid groups (broad SMARTS) is 1. The first kappa shape index (κ1) is 12.4. The summed E-state index contributed by atoms with van der Waals surface area (Å²) in [5.41, 5.74) is 2.10. The van der Waals surface area contributed by atoms with Crippen LogP contribution in [0.4, 0.5) is 5.82 Å². The van der Waals surface area contributed by atoms with Crippen LogP contribution in [0.25, 0.3) is 0 Å². The topological polar surface area (TPSA) is 66.3 Å². The van der Waals surface area contributed by atoms with E-state index in [0.29, 0.717) is 18.9 Å². The van der Waals surface area contributed by atoms with Crippen molar-refractivity contribution in [1.29, 1.82) is 0 Å². The van der Waals surface area contributed by atoms with E-state index in [1.54, 1.807) is 0 Å². The maximum Gasteiger partial charge on any atom is 0.308 e. The van der Waals surface area contributed by atoms with Crippen LogP contribution >= 0.6 is 0 Å². The van der Waals surface area contributed by atoms with E-state index in [2.05, 4.69) is 9.88 Å². The monoisotopic (exact) mass is 261 g/mol. The molecule has 1 saturated heterocycles.